The Morgan fingerprint density at radius 2 is 2.00 bits per heavy atom. The van der Waals surface area contributed by atoms with Gasteiger partial charge in [-0.1, -0.05) is 23.4 Å². The van der Waals surface area contributed by atoms with Gasteiger partial charge in [0.1, 0.15) is 23.5 Å². The lowest BCUT2D eigenvalue weighted by atomic mass is 10.2. The second-order valence-electron chi connectivity index (χ2n) is 6.26. The Hall–Kier alpha value is -4.15. The molecular formula is C20H15F2N5O4. The maximum atomic E-state index is 14.2. The quantitative estimate of drug-likeness (QED) is 0.415. The molecule has 0 amide bonds. The van der Waals surface area contributed by atoms with Crippen LogP contribution < -0.4 is 4.74 Å². The van der Waals surface area contributed by atoms with Crippen LogP contribution in [0.4, 0.5) is 8.78 Å². The van der Waals surface area contributed by atoms with Crippen LogP contribution in [0.1, 0.15) is 5.56 Å². The molecule has 0 aliphatic carbocycles. The van der Waals surface area contributed by atoms with Gasteiger partial charge in [-0.15, -0.1) is 0 Å². The summed E-state index contributed by atoms with van der Waals surface area (Å²) in [6.45, 7) is -0.419. The van der Waals surface area contributed by atoms with Crippen molar-refractivity contribution >= 4 is 5.97 Å². The molecule has 0 fully saturated rings. The van der Waals surface area contributed by atoms with Crippen molar-refractivity contribution in [2.75, 3.05) is 13.7 Å². The van der Waals surface area contributed by atoms with Gasteiger partial charge in [0, 0.05) is 11.6 Å². The molecule has 3 aromatic heterocycles. The number of hydrogen-bond donors (Lipinski definition) is 0. The van der Waals surface area contributed by atoms with Crippen LogP contribution in [-0.2, 0) is 16.1 Å². The van der Waals surface area contributed by atoms with Gasteiger partial charge in [0.25, 0.3) is 5.88 Å². The van der Waals surface area contributed by atoms with Gasteiger partial charge < -0.3 is 14.0 Å². The van der Waals surface area contributed by atoms with Gasteiger partial charge in [0.15, 0.2) is 12.4 Å². The first kappa shape index (κ1) is 20.1. The predicted octanol–water partition coefficient (Wildman–Crippen LogP) is 2.87. The van der Waals surface area contributed by atoms with Crippen LogP contribution in [0.3, 0.4) is 0 Å². The third kappa shape index (κ3) is 4.39. The summed E-state index contributed by atoms with van der Waals surface area (Å²) in [7, 11) is 1.18. The van der Waals surface area contributed by atoms with Crippen LogP contribution in [0.2, 0.25) is 0 Å². The molecule has 31 heavy (non-hydrogen) atoms. The molecule has 0 aliphatic heterocycles. The molecule has 0 spiro atoms. The van der Waals surface area contributed by atoms with Crippen molar-refractivity contribution in [3.63, 3.8) is 0 Å². The third-order valence-electron chi connectivity index (χ3n) is 4.25. The van der Waals surface area contributed by atoms with E-state index < -0.39 is 24.3 Å². The number of nitrogens with zero attached hydrogens (tertiary/aromatic N) is 5. The fraction of sp³-hybridized carbons (Fsp3) is 0.150. The largest absolute Gasteiger partial charge is 0.466 e. The van der Waals surface area contributed by atoms with E-state index in [1.807, 2.05) is 0 Å². The Balaban J connectivity index is 1.71. The number of rotatable bonds is 7. The van der Waals surface area contributed by atoms with Gasteiger partial charge in [-0.3, -0.25) is 4.68 Å². The van der Waals surface area contributed by atoms with E-state index in [1.165, 1.54) is 24.1 Å². The van der Waals surface area contributed by atoms with Crippen LogP contribution in [0, 0.1) is 11.6 Å². The average Bonchev–Trinajstić information content (AvgIpc) is 3.44. The number of aromatic nitrogens is 5. The first-order valence-corrected chi connectivity index (χ1v) is 8.99. The van der Waals surface area contributed by atoms with Crippen molar-refractivity contribution < 1.29 is 27.6 Å². The van der Waals surface area contributed by atoms with Crippen LogP contribution in [0.25, 0.3) is 22.9 Å². The van der Waals surface area contributed by atoms with E-state index in [0.717, 1.165) is 6.20 Å². The Bertz CT molecular complexity index is 1210. The molecule has 4 rings (SSSR count). The van der Waals surface area contributed by atoms with E-state index in [1.54, 1.807) is 30.3 Å². The minimum atomic E-state index is -0.852. The molecule has 9 nitrogen and oxygen atoms in total. The summed E-state index contributed by atoms with van der Waals surface area (Å²) < 4.78 is 44.1. The molecule has 0 radical (unpaired) electrons. The standard InChI is InChI=1S/C20H15F2N5O4/c1-29-18(28)11-30-20-14(22)9-23-19(24-20)16-8-17(15-6-7-31-26-15)27(25-16)10-12-4-2-3-5-13(12)21/h2-9H,10-11H2,1H3. The summed E-state index contributed by atoms with van der Waals surface area (Å²) in [5.41, 5.74) is 1.64. The molecule has 0 atom stereocenters. The molecule has 0 saturated carbocycles. The normalized spacial score (nSPS) is 10.8. The summed E-state index contributed by atoms with van der Waals surface area (Å²) in [4.78, 5) is 19.2. The molecule has 1 aromatic carbocycles. The highest BCUT2D eigenvalue weighted by molar-refractivity contribution is 5.70. The van der Waals surface area contributed by atoms with E-state index in [-0.39, 0.29) is 23.9 Å². The molecular weight excluding hydrogens is 412 g/mol. The van der Waals surface area contributed by atoms with Crippen LogP contribution in [0.5, 0.6) is 5.88 Å². The Morgan fingerprint density at radius 3 is 2.74 bits per heavy atom. The maximum absolute atomic E-state index is 14.2. The number of esters is 1. The lowest BCUT2D eigenvalue weighted by Crippen LogP contribution is -2.14. The predicted molar refractivity (Wildman–Crippen MR) is 102 cm³/mol. The van der Waals surface area contributed by atoms with Crippen molar-refractivity contribution in [3.05, 3.63) is 66.1 Å². The topological polar surface area (TPSA) is 105 Å². The Morgan fingerprint density at radius 1 is 1.16 bits per heavy atom. The molecule has 0 aliphatic rings. The van der Waals surface area contributed by atoms with E-state index in [4.69, 9.17) is 9.26 Å². The first-order valence-electron chi connectivity index (χ1n) is 8.99. The third-order valence-corrected chi connectivity index (χ3v) is 4.25. The summed E-state index contributed by atoms with van der Waals surface area (Å²) in [5.74, 6) is -2.32. The van der Waals surface area contributed by atoms with Crippen LogP contribution >= 0.6 is 0 Å². The van der Waals surface area contributed by atoms with Gasteiger partial charge in [0.2, 0.25) is 5.82 Å². The Kier molecular flexibility index (Phi) is 5.65. The highest BCUT2D eigenvalue weighted by Crippen LogP contribution is 2.26. The van der Waals surface area contributed by atoms with Crippen molar-refractivity contribution in [2.45, 2.75) is 6.54 Å². The zero-order chi connectivity index (χ0) is 21.8. The monoisotopic (exact) mass is 427 g/mol. The van der Waals surface area contributed by atoms with Crippen LogP contribution in [0.15, 0.2) is 53.4 Å². The van der Waals surface area contributed by atoms with Crippen molar-refractivity contribution in [1.29, 1.82) is 0 Å². The molecule has 3 heterocycles. The Labute approximate surface area is 174 Å². The summed E-state index contributed by atoms with van der Waals surface area (Å²) in [6.07, 6.45) is 2.29. The minimum absolute atomic E-state index is 0.0401. The molecule has 0 saturated heterocycles. The van der Waals surface area contributed by atoms with Crippen molar-refractivity contribution in [1.82, 2.24) is 24.9 Å². The molecule has 4 aromatic rings. The molecule has 0 unspecified atom stereocenters. The number of benzene rings is 1. The van der Waals surface area contributed by atoms with Gasteiger partial charge in [-0.25, -0.2) is 14.2 Å². The smallest absolute Gasteiger partial charge is 0.343 e. The zero-order valence-electron chi connectivity index (χ0n) is 16.2. The van der Waals surface area contributed by atoms with Crippen molar-refractivity contribution in [2.24, 2.45) is 0 Å². The SMILES string of the molecule is COC(=O)COc1nc(-c2cc(-c3ccon3)n(Cc3ccccc3F)n2)ncc1F. The first-order chi connectivity index (χ1) is 15.0. The van der Waals surface area contributed by atoms with E-state index >= 15 is 0 Å². The van der Waals surface area contributed by atoms with Gasteiger partial charge in [-0.05, 0) is 12.1 Å². The lowest BCUT2D eigenvalue weighted by Gasteiger charge is -2.07. The fourth-order valence-electron chi connectivity index (χ4n) is 2.75. The molecule has 0 N–H and O–H groups in total. The number of carbonyl (C=O) groups is 1. The zero-order valence-corrected chi connectivity index (χ0v) is 16.2. The van der Waals surface area contributed by atoms with E-state index in [9.17, 15) is 13.6 Å². The minimum Gasteiger partial charge on any atom is -0.466 e. The molecule has 11 heteroatoms. The number of hydrogen-bond acceptors (Lipinski definition) is 8. The number of ether oxygens (including phenoxy) is 2. The average molecular weight is 427 g/mol. The van der Waals surface area contributed by atoms with Crippen LogP contribution in [-0.4, -0.2) is 44.6 Å². The maximum Gasteiger partial charge on any atom is 0.343 e. The van der Waals surface area contributed by atoms with Gasteiger partial charge in [-0.2, -0.15) is 14.5 Å². The van der Waals surface area contributed by atoms with Gasteiger partial charge >= 0.3 is 5.97 Å². The number of halogens is 2. The summed E-state index contributed by atoms with van der Waals surface area (Å²) in [5, 5.41) is 8.33. The second-order valence-corrected chi connectivity index (χ2v) is 6.26. The molecule has 0 bridgehead atoms. The summed E-state index contributed by atoms with van der Waals surface area (Å²) >= 11 is 0. The van der Waals surface area contributed by atoms with E-state index in [2.05, 4.69) is 25.0 Å². The highest BCUT2D eigenvalue weighted by atomic mass is 19.1. The number of methoxy groups -OCH3 is 1. The summed E-state index contributed by atoms with van der Waals surface area (Å²) in [6, 6.07) is 9.52. The highest BCUT2D eigenvalue weighted by Gasteiger charge is 2.19. The van der Waals surface area contributed by atoms with Crippen molar-refractivity contribution in [3.8, 4) is 28.8 Å². The second kappa shape index (κ2) is 8.69. The van der Waals surface area contributed by atoms with E-state index in [0.29, 0.717) is 17.0 Å². The fourth-order valence-corrected chi connectivity index (χ4v) is 2.75. The number of carbonyl (C=O) groups excluding carboxylic acids is 1. The molecule has 158 valence electrons. The van der Waals surface area contributed by atoms with Gasteiger partial charge in [0.05, 0.1) is 25.5 Å². The lowest BCUT2D eigenvalue weighted by molar-refractivity contribution is -0.143.